The van der Waals surface area contributed by atoms with E-state index in [1.807, 2.05) is 36.4 Å². The number of nitrogens with two attached hydrogens (primary N) is 1. The quantitative estimate of drug-likeness (QED) is 0.776. The Morgan fingerprint density at radius 3 is 2.86 bits per heavy atom. The SMILES string of the molecule is CN1C(=O)CC(C(=O)NC2CCCc3cc(N)ccc32)C1c1cccc(Cl)c1. The summed E-state index contributed by atoms with van der Waals surface area (Å²) >= 11 is 6.15. The summed E-state index contributed by atoms with van der Waals surface area (Å²) in [4.78, 5) is 27.2. The summed E-state index contributed by atoms with van der Waals surface area (Å²) in [6, 6.07) is 12.9. The van der Waals surface area contributed by atoms with Gasteiger partial charge in [-0.05, 0) is 60.2 Å². The van der Waals surface area contributed by atoms with Crippen molar-refractivity contribution in [2.24, 2.45) is 5.92 Å². The molecule has 6 heteroatoms. The Balaban J connectivity index is 1.58. The standard InChI is InChI=1S/C22H24ClN3O2/c1-26-20(27)12-18(21(26)14-5-2-6-15(23)10-14)22(28)25-19-7-3-4-13-11-16(24)8-9-17(13)19/h2,5-6,8-11,18-19,21H,3-4,7,12,24H2,1H3,(H,25,28). The van der Waals surface area contributed by atoms with E-state index in [1.165, 1.54) is 5.56 Å². The van der Waals surface area contributed by atoms with Gasteiger partial charge in [0.2, 0.25) is 11.8 Å². The van der Waals surface area contributed by atoms with Crippen molar-refractivity contribution >= 4 is 29.1 Å². The number of rotatable bonds is 3. The van der Waals surface area contributed by atoms with Gasteiger partial charge in [-0.3, -0.25) is 9.59 Å². The highest BCUT2D eigenvalue weighted by atomic mass is 35.5. The van der Waals surface area contributed by atoms with E-state index in [0.717, 1.165) is 36.1 Å². The van der Waals surface area contributed by atoms with E-state index in [2.05, 4.69) is 5.32 Å². The summed E-state index contributed by atoms with van der Waals surface area (Å²) in [5.41, 5.74) is 9.87. The zero-order chi connectivity index (χ0) is 19.8. The number of nitrogens with zero attached hydrogens (tertiary/aromatic N) is 1. The van der Waals surface area contributed by atoms with Crippen molar-refractivity contribution in [1.82, 2.24) is 10.2 Å². The average molecular weight is 398 g/mol. The van der Waals surface area contributed by atoms with E-state index in [1.54, 1.807) is 18.0 Å². The maximum absolute atomic E-state index is 13.2. The molecule has 0 spiro atoms. The van der Waals surface area contributed by atoms with Gasteiger partial charge in [0.15, 0.2) is 0 Å². The summed E-state index contributed by atoms with van der Waals surface area (Å²) in [7, 11) is 1.75. The first-order valence-corrected chi connectivity index (χ1v) is 10.0. The Hall–Kier alpha value is -2.53. The van der Waals surface area contributed by atoms with E-state index < -0.39 is 5.92 Å². The maximum Gasteiger partial charge on any atom is 0.226 e. The molecule has 0 radical (unpaired) electrons. The molecular weight excluding hydrogens is 374 g/mol. The molecule has 1 fully saturated rings. The summed E-state index contributed by atoms with van der Waals surface area (Å²) in [6.07, 6.45) is 3.08. The van der Waals surface area contributed by atoms with Crippen LogP contribution in [0.25, 0.3) is 0 Å². The van der Waals surface area contributed by atoms with Crippen molar-refractivity contribution in [3.8, 4) is 0 Å². The van der Waals surface area contributed by atoms with Gasteiger partial charge in [0.1, 0.15) is 0 Å². The summed E-state index contributed by atoms with van der Waals surface area (Å²) in [6.45, 7) is 0. The van der Waals surface area contributed by atoms with Gasteiger partial charge >= 0.3 is 0 Å². The molecule has 5 nitrogen and oxygen atoms in total. The molecule has 1 aliphatic heterocycles. The number of anilines is 1. The fraction of sp³-hybridized carbons (Fsp3) is 0.364. The van der Waals surface area contributed by atoms with Crippen LogP contribution in [0.4, 0.5) is 5.69 Å². The van der Waals surface area contributed by atoms with Crippen molar-refractivity contribution in [1.29, 1.82) is 0 Å². The molecule has 2 aliphatic rings. The van der Waals surface area contributed by atoms with Crippen LogP contribution in [0.1, 0.15) is 48.0 Å². The molecule has 2 aromatic rings. The van der Waals surface area contributed by atoms with Crippen LogP contribution in [0, 0.1) is 5.92 Å². The van der Waals surface area contributed by atoms with Gasteiger partial charge in [-0.2, -0.15) is 0 Å². The lowest BCUT2D eigenvalue weighted by molar-refractivity contribution is -0.128. The highest BCUT2D eigenvalue weighted by Gasteiger charge is 2.43. The van der Waals surface area contributed by atoms with Crippen molar-refractivity contribution in [2.45, 2.75) is 37.8 Å². The minimum Gasteiger partial charge on any atom is -0.399 e. The molecule has 146 valence electrons. The Kier molecular flexibility index (Phi) is 5.02. The topological polar surface area (TPSA) is 75.4 Å². The molecular formula is C22H24ClN3O2. The summed E-state index contributed by atoms with van der Waals surface area (Å²) in [5.74, 6) is -0.547. The number of carbonyl (C=O) groups excluding carboxylic acids is 2. The van der Waals surface area contributed by atoms with Gasteiger partial charge in [0.25, 0.3) is 0 Å². The van der Waals surface area contributed by atoms with Crippen LogP contribution >= 0.6 is 11.6 Å². The van der Waals surface area contributed by atoms with Crippen molar-refractivity contribution in [2.75, 3.05) is 12.8 Å². The van der Waals surface area contributed by atoms with E-state index in [-0.39, 0.29) is 30.3 Å². The predicted molar refractivity (Wildman–Crippen MR) is 110 cm³/mol. The minimum atomic E-state index is -0.435. The Bertz CT molecular complexity index is 930. The van der Waals surface area contributed by atoms with Crippen LogP contribution in [0.5, 0.6) is 0 Å². The van der Waals surface area contributed by atoms with Crippen LogP contribution in [0.2, 0.25) is 5.02 Å². The van der Waals surface area contributed by atoms with Gasteiger partial charge in [-0.15, -0.1) is 0 Å². The van der Waals surface area contributed by atoms with Crippen LogP contribution in [-0.2, 0) is 16.0 Å². The van der Waals surface area contributed by atoms with Crippen LogP contribution in [0.3, 0.4) is 0 Å². The summed E-state index contributed by atoms with van der Waals surface area (Å²) in [5, 5.41) is 3.80. The van der Waals surface area contributed by atoms with Crippen molar-refractivity contribution < 1.29 is 9.59 Å². The zero-order valence-corrected chi connectivity index (χ0v) is 16.6. The minimum absolute atomic E-state index is 0.0260. The van der Waals surface area contributed by atoms with E-state index in [0.29, 0.717) is 5.02 Å². The first-order valence-electron chi connectivity index (χ1n) is 9.64. The highest BCUT2D eigenvalue weighted by molar-refractivity contribution is 6.30. The number of nitrogen functional groups attached to an aromatic ring is 1. The van der Waals surface area contributed by atoms with Crippen LogP contribution < -0.4 is 11.1 Å². The van der Waals surface area contributed by atoms with Crippen LogP contribution in [0.15, 0.2) is 42.5 Å². The number of carbonyl (C=O) groups is 2. The molecule has 28 heavy (non-hydrogen) atoms. The molecule has 1 heterocycles. The van der Waals surface area contributed by atoms with E-state index >= 15 is 0 Å². The monoisotopic (exact) mass is 397 g/mol. The molecule has 1 saturated heterocycles. The molecule has 3 unspecified atom stereocenters. The number of aryl methyl sites for hydroxylation is 1. The molecule has 0 saturated carbocycles. The molecule has 3 N–H and O–H groups in total. The number of fused-ring (bicyclic) bond motifs is 1. The Morgan fingerprint density at radius 1 is 1.25 bits per heavy atom. The second kappa shape index (κ2) is 7.47. The molecule has 1 aliphatic carbocycles. The normalized spacial score (nSPS) is 24.1. The number of halogens is 1. The Morgan fingerprint density at radius 2 is 2.07 bits per heavy atom. The highest BCUT2D eigenvalue weighted by Crippen LogP contribution is 2.39. The lowest BCUT2D eigenvalue weighted by Gasteiger charge is -2.30. The van der Waals surface area contributed by atoms with Gasteiger partial charge < -0.3 is 16.0 Å². The predicted octanol–water partition coefficient (Wildman–Crippen LogP) is 3.64. The third-order valence-corrected chi connectivity index (χ3v) is 6.15. The number of benzene rings is 2. The molecule has 0 aromatic heterocycles. The largest absolute Gasteiger partial charge is 0.399 e. The lowest BCUT2D eigenvalue weighted by atomic mass is 9.86. The second-order valence-electron chi connectivity index (χ2n) is 7.73. The van der Waals surface area contributed by atoms with Gasteiger partial charge in [-0.1, -0.05) is 29.8 Å². The van der Waals surface area contributed by atoms with Crippen molar-refractivity contribution in [3.63, 3.8) is 0 Å². The first-order chi connectivity index (χ1) is 13.4. The van der Waals surface area contributed by atoms with Gasteiger partial charge in [0.05, 0.1) is 18.0 Å². The number of nitrogens with one attached hydrogen (secondary N) is 1. The maximum atomic E-state index is 13.2. The third kappa shape index (κ3) is 3.47. The number of hydrogen-bond acceptors (Lipinski definition) is 3. The number of likely N-dealkylation sites (tertiary alicyclic amines) is 1. The van der Waals surface area contributed by atoms with Crippen molar-refractivity contribution in [3.05, 3.63) is 64.2 Å². The molecule has 4 rings (SSSR count). The van der Waals surface area contributed by atoms with E-state index in [4.69, 9.17) is 17.3 Å². The van der Waals surface area contributed by atoms with Gasteiger partial charge in [-0.25, -0.2) is 0 Å². The molecule has 3 atom stereocenters. The number of hydrogen-bond donors (Lipinski definition) is 2. The first kappa shape index (κ1) is 18.8. The van der Waals surface area contributed by atoms with Crippen LogP contribution in [-0.4, -0.2) is 23.8 Å². The van der Waals surface area contributed by atoms with Gasteiger partial charge in [0, 0.05) is 24.2 Å². The second-order valence-corrected chi connectivity index (χ2v) is 8.16. The summed E-state index contributed by atoms with van der Waals surface area (Å²) < 4.78 is 0. The average Bonchev–Trinajstić information content (AvgIpc) is 2.96. The third-order valence-electron chi connectivity index (χ3n) is 5.91. The molecule has 0 bridgehead atoms. The fourth-order valence-corrected chi connectivity index (χ4v) is 4.71. The lowest BCUT2D eigenvalue weighted by Crippen LogP contribution is -2.38. The molecule has 2 aromatic carbocycles. The fourth-order valence-electron chi connectivity index (χ4n) is 4.51. The Labute approximate surface area is 169 Å². The van der Waals surface area contributed by atoms with E-state index in [9.17, 15) is 9.59 Å². The number of amides is 2. The smallest absolute Gasteiger partial charge is 0.226 e. The molecule has 2 amide bonds. The zero-order valence-electron chi connectivity index (χ0n) is 15.8.